The Morgan fingerprint density at radius 1 is 1.12 bits per heavy atom. The van der Waals surface area contributed by atoms with Gasteiger partial charge < -0.3 is 9.84 Å². The molecule has 0 rings (SSSR count). The van der Waals surface area contributed by atoms with Gasteiger partial charge in [0.2, 0.25) is 0 Å². The van der Waals surface area contributed by atoms with Crippen molar-refractivity contribution >= 4 is 0 Å². The Morgan fingerprint density at radius 2 is 1.69 bits per heavy atom. The monoisotopic (exact) mass is 252 g/mol. The van der Waals surface area contributed by atoms with Gasteiger partial charge in [-0.25, -0.2) is 8.78 Å². The number of rotatable bonds is 7. The molecule has 0 fully saturated rings. The van der Waals surface area contributed by atoms with E-state index >= 15 is 0 Å². The summed E-state index contributed by atoms with van der Waals surface area (Å²) in [6, 6.07) is 0. The van der Waals surface area contributed by atoms with E-state index in [-0.39, 0.29) is 13.0 Å². The lowest BCUT2D eigenvalue weighted by Crippen LogP contribution is -2.33. The summed E-state index contributed by atoms with van der Waals surface area (Å²) in [5.74, 6) is -3.70. The summed E-state index contributed by atoms with van der Waals surface area (Å²) >= 11 is 0. The summed E-state index contributed by atoms with van der Waals surface area (Å²) in [7, 11) is 0. The maximum atomic E-state index is 12.7. The molecule has 1 atom stereocenters. The minimum atomic E-state index is -5.08. The van der Waals surface area contributed by atoms with Gasteiger partial charge in [0, 0.05) is 6.61 Å². The number of aliphatic hydroxyl groups excluding tert-OH is 1. The van der Waals surface area contributed by atoms with Crippen molar-refractivity contribution in [1.82, 2.24) is 0 Å². The molecule has 98 valence electrons. The van der Waals surface area contributed by atoms with E-state index in [4.69, 9.17) is 5.11 Å². The number of alkyl halides is 5. The standard InChI is InChI=1S/C8H13F5O3/c1-6(14)2-3-15-4-7(9,10)5-16-8(11,12)13/h6,14H,2-5H2,1H3. The summed E-state index contributed by atoms with van der Waals surface area (Å²) in [6.45, 7) is -1.66. The van der Waals surface area contributed by atoms with Crippen molar-refractivity contribution in [2.75, 3.05) is 19.8 Å². The van der Waals surface area contributed by atoms with Crippen molar-refractivity contribution < 1.29 is 36.5 Å². The van der Waals surface area contributed by atoms with Crippen molar-refractivity contribution in [1.29, 1.82) is 0 Å². The maximum Gasteiger partial charge on any atom is 0.522 e. The van der Waals surface area contributed by atoms with Gasteiger partial charge in [0.15, 0.2) is 0 Å². The number of hydrogen-bond acceptors (Lipinski definition) is 3. The first kappa shape index (κ1) is 15.5. The Bertz CT molecular complexity index is 193. The minimum absolute atomic E-state index is 0.135. The first-order valence-electron chi connectivity index (χ1n) is 4.47. The highest BCUT2D eigenvalue weighted by molar-refractivity contribution is 4.64. The van der Waals surface area contributed by atoms with Crippen LogP contribution in [0.3, 0.4) is 0 Å². The van der Waals surface area contributed by atoms with Crippen LogP contribution in [0.25, 0.3) is 0 Å². The second kappa shape index (κ2) is 6.31. The molecule has 0 saturated carbocycles. The molecule has 0 aliphatic carbocycles. The van der Waals surface area contributed by atoms with Crippen molar-refractivity contribution in [3.05, 3.63) is 0 Å². The van der Waals surface area contributed by atoms with Crippen LogP contribution in [-0.2, 0) is 9.47 Å². The Kier molecular flexibility index (Phi) is 6.13. The van der Waals surface area contributed by atoms with E-state index in [1.807, 2.05) is 0 Å². The third-order valence-corrected chi connectivity index (χ3v) is 1.44. The molecular formula is C8H13F5O3. The molecule has 0 aliphatic heterocycles. The molecule has 0 amide bonds. The minimum Gasteiger partial charge on any atom is -0.393 e. The van der Waals surface area contributed by atoms with E-state index in [1.54, 1.807) is 0 Å². The zero-order valence-corrected chi connectivity index (χ0v) is 8.56. The van der Waals surface area contributed by atoms with E-state index in [9.17, 15) is 22.0 Å². The van der Waals surface area contributed by atoms with Gasteiger partial charge in [-0.2, -0.15) is 0 Å². The van der Waals surface area contributed by atoms with Gasteiger partial charge in [-0.05, 0) is 13.3 Å². The summed E-state index contributed by atoms with van der Waals surface area (Å²) in [6.07, 6.45) is -5.65. The molecule has 3 nitrogen and oxygen atoms in total. The SMILES string of the molecule is CC(O)CCOCC(F)(F)COC(F)(F)F. The van der Waals surface area contributed by atoms with Gasteiger partial charge in [-0.15, -0.1) is 13.2 Å². The average Bonchev–Trinajstić information content (AvgIpc) is 2.08. The van der Waals surface area contributed by atoms with Crippen LogP contribution < -0.4 is 0 Å². The fraction of sp³-hybridized carbons (Fsp3) is 1.00. The second-order valence-corrected chi connectivity index (χ2v) is 3.28. The Labute approximate surface area is 89.1 Å². The molecule has 0 radical (unpaired) electrons. The van der Waals surface area contributed by atoms with Crippen LogP contribution >= 0.6 is 0 Å². The molecule has 0 aliphatic rings. The summed E-state index contributed by atoms with van der Waals surface area (Å²) in [5.41, 5.74) is 0. The lowest BCUT2D eigenvalue weighted by Gasteiger charge is -2.17. The van der Waals surface area contributed by atoms with Gasteiger partial charge in [-0.1, -0.05) is 0 Å². The molecule has 0 aromatic rings. The largest absolute Gasteiger partial charge is 0.522 e. The van der Waals surface area contributed by atoms with Gasteiger partial charge in [0.1, 0.15) is 13.2 Å². The number of hydrogen-bond donors (Lipinski definition) is 1. The van der Waals surface area contributed by atoms with E-state index in [2.05, 4.69) is 9.47 Å². The first-order chi connectivity index (χ1) is 7.12. The van der Waals surface area contributed by atoms with Gasteiger partial charge in [-0.3, -0.25) is 4.74 Å². The van der Waals surface area contributed by atoms with Crippen LogP contribution in [0.5, 0.6) is 0 Å². The van der Waals surface area contributed by atoms with Crippen molar-refractivity contribution in [2.24, 2.45) is 0 Å². The van der Waals surface area contributed by atoms with Crippen molar-refractivity contribution in [3.8, 4) is 0 Å². The summed E-state index contributed by atoms with van der Waals surface area (Å²) in [4.78, 5) is 0. The molecule has 0 saturated heterocycles. The van der Waals surface area contributed by atoms with Gasteiger partial charge in [0.05, 0.1) is 6.10 Å². The van der Waals surface area contributed by atoms with Crippen LogP contribution in [-0.4, -0.2) is 43.3 Å². The highest BCUT2D eigenvalue weighted by Gasteiger charge is 2.38. The van der Waals surface area contributed by atoms with Gasteiger partial charge >= 0.3 is 6.36 Å². The Balaban J connectivity index is 3.70. The van der Waals surface area contributed by atoms with Crippen LogP contribution in [0.15, 0.2) is 0 Å². The van der Waals surface area contributed by atoms with E-state index < -0.39 is 31.6 Å². The lowest BCUT2D eigenvalue weighted by molar-refractivity contribution is -0.342. The maximum absolute atomic E-state index is 12.7. The van der Waals surface area contributed by atoms with Crippen LogP contribution in [0, 0.1) is 0 Å². The normalized spacial score (nSPS) is 15.2. The number of aliphatic hydroxyl groups is 1. The van der Waals surface area contributed by atoms with Crippen LogP contribution in [0.4, 0.5) is 22.0 Å². The number of ether oxygens (including phenoxy) is 2. The fourth-order valence-corrected chi connectivity index (χ4v) is 0.704. The topological polar surface area (TPSA) is 38.7 Å². The average molecular weight is 252 g/mol. The highest BCUT2D eigenvalue weighted by Crippen LogP contribution is 2.22. The third kappa shape index (κ3) is 10.1. The number of halogens is 5. The molecule has 0 heterocycles. The van der Waals surface area contributed by atoms with Crippen LogP contribution in [0.1, 0.15) is 13.3 Å². The van der Waals surface area contributed by atoms with Crippen molar-refractivity contribution in [2.45, 2.75) is 31.7 Å². The van der Waals surface area contributed by atoms with E-state index in [0.717, 1.165) is 0 Å². The lowest BCUT2D eigenvalue weighted by atomic mass is 10.3. The fourth-order valence-electron chi connectivity index (χ4n) is 0.704. The molecule has 1 unspecified atom stereocenters. The highest BCUT2D eigenvalue weighted by atomic mass is 19.4. The molecule has 0 aromatic carbocycles. The zero-order chi connectivity index (χ0) is 12.8. The van der Waals surface area contributed by atoms with Crippen molar-refractivity contribution in [3.63, 3.8) is 0 Å². The molecule has 1 N–H and O–H groups in total. The van der Waals surface area contributed by atoms with E-state index in [1.165, 1.54) is 6.92 Å². The summed E-state index contributed by atoms with van der Waals surface area (Å²) in [5, 5.41) is 8.75. The van der Waals surface area contributed by atoms with Gasteiger partial charge in [0.25, 0.3) is 5.92 Å². The molecule has 0 bridgehead atoms. The quantitative estimate of drug-likeness (QED) is 0.556. The predicted octanol–water partition coefficient (Wildman–Crippen LogP) is 1.95. The molecule has 8 heteroatoms. The summed E-state index contributed by atoms with van der Waals surface area (Å²) < 4.78 is 67.1. The molecule has 0 aromatic heterocycles. The smallest absolute Gasteiger partial charge is 0.393 e. The second-order valence-electron chi connectivity index (χ2n) is 3.28. The third-order valence-electron chi connectivity index (χ3n) is 1.44. The first-order valence-corrected chi connectivity index (χ1v) is 4.47. The predicted molar refractivity (Wildman–Crippen MR) is 44.1 cm³/mol. The Morgan fingerprint density at radius 3 is 2.12 bits per heavy atom. The molecular weight excluding hydrogens is 239 g/mol. The van der Waals surface area contributed by atoms with E-state index in [0.29, 0.717) is 0 Å². The molecule has 16 heavy (non-hydrogen) atoms. The zero-order valence-electron chi connectivity index (χ0n) is 8.56. The Hall–Kier alpha value is -0.470. The van der Waals surface area contributed by atoms with Crippen LogP contribution in [0.2, 0.25) is 0 Å². The molecule has 0 spiro atoms.